The summed E-state index contributed by atoms with van der Waals surface area (Å²) in [6.45, 7) is 3.58. The number of carbonyl (C=O) groups is 1. The molecule has 0 saturated carbocycles. The molecule has 3 heteroatoms. The van der Waals surface area contributed by atoms with Crippen molar-refractivity contribution in [2.45, 2.75) is 6.42 Å². The van der Waals surface area contributed by atoms with Gasteiger partial charge in [-0.05, 0) is 30.2 Å². The van der Waals surface area contributed by atoms with Crippen molar-refractivity contribution in [3.63, 3.8) is 0 Å². The minimum atomic E-state index is -0.899. The molecule has 0 aliphatic heterocycles. The van der Waals surface area contributed by atoms with E-state index < -0.39 is 5.97 Å². The molecule has 0 aliphatic rings. The summed E-state index contributed by atoms with van der Waals surface area (Å²) in [4.78, 5) is 10.8. The maximum atomic E-state index is 10.8. The molecule has 0 bridgehead atoms. The summed E-state index contributed by atoms with van der Waals surface area (Å²) in [7, 11) is 0. The minimum Gasteiger partial charge on any atom is -0.478 e. The van der Waals surface area contributed by atoms with Gasteiger partial charge >= 0.3 is 5.97 Å². The minimum absolute atomic E-state index is 0.336. The third-order valence-electron chi connectivity index (χ3n) is 1.66. The van der Waals surface area contributed by atoms with Crippen LogP contribution >= 0.6 is 15.9 Å². The van der Waals surface area contributed by atoms with Crippen molar-refractivity contribution < 1.29 is 9.90 Å². The normalized spacial score (nSPS) is 9.62. The summed E-state index contributed by atoms with van der Waals surface area (Å²) in [5, 5.41) is 8.83. The van der Waals surface area contributed by atoms with Crippen molar-refractivity contribution >= 4 is 21.9 Å². The van der Waals surface area contributed by atoms with Crippen LogP contribution in [-0.4, -0.2) is 11.1 Å². The fourth-order valence-corrected chi connectivity index (χ4v) is 1.50. The first-order valence-electron chi connectivity index (χ1n) is 3.77. The molecule has 68 valence electrons. The first-order chi connectivity index (χ1) is 6.15. The largest absolute Gasteiger partial charge is 0.478 e. The Morgan fingerprint density at radius 1 is 1.62 bits per heavy atom. The number of rotatable bonds is 3. The monoisotopic (exact) mass is 240 g/mol. The lowest BCUT2D eigenvalue weighted by molar-refractivity contribution is 0.0696. The Bertz CT molecular complexity index is 345. The Kier molecular flexibility index (Phi) is 3.25. The summed E-state index contributed by atoms with van der Waals surface area (Å²) in [5.41, 5.74) is 1.11. The zero-order valence-corrected chi connectivity index (χ0v) is 8.54. The Labute approximate surface area is 85.0 Å². The highest BCUT2D eigenvalue weighted by Gasteiger charge is 2.08. The van der Waals surface area contributed by atoms with E-state index in [1.165, 1.54) is 0 Å². The predicted octanol–water partition coefficient (Wildman–Crippen LogP) is 2.88. The van der Waals surface area contributed by atoms with Crippen LogP contribution in [0.5, 0.6) is 0 Å². The summed E-state index contributed by atoms with van der Waals surface area (Å²) in [5.74, 6) is -0.899. The molecule has 0 spiro atoms. The average Bonchev–Trinajstić information content (AvgIpc) is 2.04. The van der Waals surface area contributed by atoms with E-state index in [1.54, 1.807) is 24.3 Å². The highest BCUT2D eigenvalue weighted by Crippen LogP contribution is 2.17. The molecule has 1 rings (SSSR count). The van der Waals surface area contributed by atoms with Gasteiger partial charge < -0.3 is 5.11 Å². The van der Waals surface area contributed by atoms with Crippen LogP contribution in [0, 0.1) is 0 Å². The van der Waals surface area contributed by atoms with Crippen LogP contribution in [0.15, 0.2) is 35.3 Å². The molecule has 1 N–H and O–H groups in total. The Hall–Kier alpha value is -1.09. The van der Waals surface area contributed by atoms with E-state index in [4.69, 9.17) is 5.11 Å². The molecular formula is C10H9BrO2. The molecule has 0 atom stereocenters. The van der Waals surface area contributed by atoms with Gasteiger partial charge in [-0.15, -0.1) is 6.58 Å². The van der Waals surface area contributed by atoms with Gasteiger partial charge in [-0.3, -0.25) is 0 Å². The number of allylic oxidation sites excluding steroid dienone is 1. The van der Waals surface area contributed by atoms with Gasteiger partial charge in [-0.25, -0.2) is 4.79 Å². The number of halogens is 1. The first kappa shape index (κ1) is 9.99. The second-order valence-electron chi connectivity index (χ2n) is 2.60. The summed E-state index contributed by atoms with van der Waals surface area (Å²) < 4.78 is 0.884. The molecule has 2 nitrogen and oxygen atoms in total. The number of benzene rings is 1. The van der Waals surface area contributed by atoms with E-state index in [0.717, 1.165) is 10.0 Å². The van der Waals surface area contributed by atoms with E-state index in [2.05, 4.69) is 22.5 Å². The lowest BCUT2D eigenvalue weighted by atomic mass is 10.1. The van der Waals surface area contributed by atoms with Gasteiger partial charge in [0.05, 0.1) is 5.56 Å². The van der Waals surface area contributed by atoms with Gasteiger partial charge in [-0.2, -0.15) is 0 Å². The van der Waals surface area contributed by atoms with E-state index in [0.29, 0.717) is 12.0 Å². The number of carboxylic acids is 1. The zero-order chi connectivity index (χ0) is 9.84. The van der Waals surface area contributed by atoms with Gasteiger partial charge in [0.1, 0.15) is 0 Å². The Morgan fingerprint density at radius 3 is 2.85 bits per heavy atom. The fourth-order valence-electron chi connectivity index (χ4n) is 1.10. The molecule has 0 heterocycles. The lowest BCUT2D eigenvalue weighted by Gasteiger charge is -2.03. The second-order valence-corrected chi connectivity index (χ2v) is 3.52. The molecule has 0 amide bonds. The Balaban J connectivity index is 3.17. The lowest BCUT2D eigenvalue weighted by Crippen LogP contribution is -2.01. The zero-order valence-electron chi connectivity index (χ0n) is 6.96. The summed E-state index contributed by atoms with van der Waals surface area (Å²) >= 11 is 3.29. The van der Waals surface area contributed by atoms with Crippen LogP contribution < -0.4 is 0 Å². The molecule has 0 saturated heterocycles. The smallest absolute Gasteiger partial charge is 0.335 e. The molecule has 0 radical (unpaired) electrons. The standard InChI is InChI=1S/C10H9BrO2/c1-2-3-7-6-8(11)4-5-9(7)10(12)13/h2,4-6H,1,3H2,(H,12,13). The summed E-state index contributed by atoms with van der Waals surface area (Å²) in [6, 6.07) is 5.10. The van der Waals surface area contributed by atoms with Crippen molar-refractivity contribution in [2.24, 2.45) is 0 Å². The first-order valence-corrected chi connectivity index (χ1v) is 4.57. The van der Waals surface area contributed by atoms with Crippen molar-refractivity contribution in [3.05, 3.63) is 46.5 Å². The quantitative estimate of drug-likeness (QED) is 0.826. The van der Waals surface area contributed by atoms with E-state index in [-0.39, 0.29) is 0 Å². The highest BCUT2D eigenvalue weighted by molar-refractivity contribution is 9.10. The van der Waals surface area contributed by atoms with Crippen LogP contribution in [0.4, 0.5) is 0 Å². The molecule has 1 aromatic carbocycles. The van der Waals surface area contributed by atoms with Crippen molar-refractivity contribution in [2.75, 3.05) is 0 Å². The van der Waals surface area contributed by atoms with Gasteiger partial charge in [0.25, 0.3) is 0 Å². The third kappa shape index (κ3) is 2.42. The molecular weight excluding hydrogens is 232 g/mol. The molecule has 13 heavy (non-hydrogen) atoms. The maximum Gasteiger partial charge on any atom is 0.335 e. The van der Waals surface area contributed by atoms with Crippen LogP contribution in [0.3, 0.4) is 0 Å². The van der Waals surface area contributed by atoms with Gasteiger partial charge in [0, 0.05) is 4.47 Å². The van der Waals surface area contributed by atoms with Crippen molar-refractivity contribution in [3.8, 4) is 0 Å². The molecule has 0 aliphatic carbocycles. The molecule has 0 unspecified atom stereocenters. The van der Waals surface area contributed by atoms with E-state index >= 15 is 0 Å². The number of aromatic carboxylic acids is 1. The topological polar surface area (TPSA) is 37.3 Å². The van der Waals surface area contributed by atoms with Gasteiger partial charge in [0.15, 0.2) is 0 Å². The van der Waals surface area contributed by atoms with Crippen molar-refractivity contribution in [1.29, 1.82) is 0 Å². The number of carboxylic acid groups (broad SMARTS) is 1. The van der Waals surface area contributed by atoms with Crippen molar-refractivity contribution in [1.82, 2.24) is 0 Å². The second kappa shape index (κ2) is 4.23. The fraction of sp³-hybridized carbons (Fsp3) is 0.100. The highest BCUT2D eigenvalue weighted by atomic mass is 79.9. The van der Waals surface area contributed by atoms with Crippen LogP contribution in [0.1, 0.15) is 15.9 Å². The summed E-state index contributed by atoms with van der Waals surface area (Å²) in [6.07, 6.45) is 2.26. The number of hydrogen-bond donors (Lipinski definition) is 1. The van der Waals surface area contributed by atoms with Crippen LogP contribution in [-0.2, 0) is 6.42 Å². The van der Waals surface area contributed by atoms with Gasteiger partial charge in [0.2, 0.25) is 0 Å². The van der Waals surface area contributed by atoms with E-state index in [1.807, 2.05) is 0 Å². The molecule has 0 fully saturated rings. The van der Waals surface area contributed by atoms with E-state index in [9.17, 15) is 4.79 Å². The number of hydrogen-bond acceptors (Lipinski definition) is 1. The average molecular weight is 241 g/mol. The predicted molar refractivity (Wildman–Crippen MR) is 55.0 cm³/mol. The Morgan fingerprint density at radius 2 is 2.31 bits per heavy atom. The van der Waals surface area contributed by atoms with Gasteiger partial charge in [-0.1, -0.05) is 22.0 Å². The third-order valence-corrected chi connectivity index (χ3v) is 2.16. The SMILES string of the molecule is C=CCc1cc(Br)ccc1C(=O)O. The molecule has 1 aromatic rings. The van der Waals surface area contributed by atoms with Crippen LogP contribution in [0.25, 0.3) is 0 Å². The maximum absolute atomic E-state index is 10.8. The molecule has 0 aromatic heterocycles. The van der Waals surface area contributed by atoms with Crippen LogP contribution in [0.2, 0.25) is 0 Å².